The molecule has 9 heteroatoms. The van der Waals surface area contributed by atoms with Crippen LogP contribution in [-0.4, -0.2) is 34.0 Å². The summed E-state index contributed by atoms with van der Waals surface area (Å²) in [7, 11) is 0. The molecule has 0 spiro atoms. The van der Waals surface area contributed by atoms with Gasteiger partial charge in [0.25, 0.3) is 5.91 Å². The third-order valence-electron chi connectivity index (χ3n) is 6.30. The number of hydrogen-bond donors (Lipinski definition) is 1. The van der Waals surface area contributed by atoms with Crippen LogP contribution in [0.5, 0.6) is 5.75 Å². The molecule has 0 saturated carbocycles. The molecule has 1 N–H and O–H groups in total. The minimum atomic E-state index is -4.54. The number of carboxylic acids is 1. The Kier molecular flexibility index (Phi) is 7.50. The van der Waals surface area contributed by atoms with E-state index in [2.05, 4.69) is 0 Å². The normalized spacial score (nSPS) is 17.0. The van der Waals surface area contributed by atoms with E-state index in [0.717, 1.165) is 28.2 Å². The first-order chi connectivity index (χ1) is 17.4. The van der Waals surface area contributed by atoms with Crippen LogP contribution in [0, 0.1) is 0 Å². The number of amides is 1. The second kappa shape index (κ2) is 10.5. The molecule has 3 aromatic rings. The van der Waals surface area contributed by atoms with Gasteiger partial charge in [0.05, 0.1) is 5.56 Å². The SMILES string of the molecule is CC1(Cc2cccc(Cl)c2)CCc2cc(C(=O)N(CC(=O)O)Cc3cccc(C(F)(F)F)c3)ccc2O1. The molecule has 194 valence electrons. The smallest absolute Gasteiger partial charge is 0.416 e. The van der Waals surface area contributed by atoms with Crippen LogP contribution in [-0.2, 0) is 30.4 Å². The molecule has 1 aliphatic heterocycles. The summed E-state index contributed by atoms with van der Waals surface area (Å²) in [6.45, 7) is 1.08. The van der Waals surface area contributed by atoms with Gasteiger partial charge in [-0.25, -0.2) is 0 Å². The van der Waals surface area contributed by atoms with Gasteiger partial charge < -0.3 is 14.7 Å². The van der Waals surface area contributed by atoms with Crippen molar-refractivity contribution in [2.24, 2.45) is 0 Å². The molecular formula is C28H25ClF3NO4. The number of hydrogen-bond acceptors (Lipinski definition) is 3. The first-order valence-corrected chi connectivity index (χ1v) is 12.0. The maximum Gasteiger partial charge on any atom is 0.416 e. The summed E-state index contributed by atoms with van der Waals surface area (Å²) in [6.07, 6.45) is -2.57. The predicted octanol–water partition coefficient (Wildman–Crippen LogP) is 6.41. The van der Waals surface area contributed by atoms with Gasteiger partial charge in [-0.05, 0) is 78.9 Å². The molecule has 4 rings (SSSR count). The number of carboxylic acid groups (broad SMARTS) is 1. The molecule has 0 aromatic heterocycles. The second-order valence-corrected chi connectivity index (χ2v) is 9.87. The summed E-state index contributed by atoms with van der Waals surface area (Å²) in [5, 5.41) is 9.98. The van der Waals surface area contributed by atoms with Crippen LogP contribution in [0.25, 0.3) is 0 Å². The van der Waals surface area contributed by atoms with Crippen molar-refractivity contribution in [3.05, 3.63) is 99.6 Å². The first-order valence-electron chi connectivity index (χ1n) is 11.7. The summed E-state index contributed by atoms with van der Waals surface area (Å²) < 4.78 is 45.6. The number of aryl methyl sites for hydroxylation is 1. The van der Waals surface area contributed by atoms with Gasteiger partial charge in [0.2, 0.25) is 0 Å². The second-order valence-electron chi connectivity index (χ2n) is 9.43. The highest BCUT2D eigenvalue weighted by molar-refractivity contribution is 6.30. The topological polar surface area (TPSA) is 66.8 Å². The molecule has 37 heavy (non-hydrogen) atoms. The standard InChI is InChI=1S/C28H25ClF3NO4/c1-27(15-18-4-3-7-23(29)13-18)11-10-20-14-21(8-9-24(20)37-27)26(36)33(17-25(34)35)16-19-5-2-6-22(12-19)28(30,31)32/h2-9,12-14H,10-11,15-17H2,1H3,(H,34,35). The number of halogens is 4. The number of alkyl halides is 3. The van der Waals surface area contributed by atoms with E-state index in [9.17, 15) is 27.9 Å². The fourth-order valence-corrected chi connectivity index (χ4v) is 4.75. The Hall–Kier alpha value is -3.52. The molecular weight excluding hydrogens is 507 g/mol. The van der Waals surface area contributed by atoms with Gasteiger partial charge in [-0.3, -0.25) is 9.59 Å². The van der Waals surface area contributed by atoms with E-state index in [1.165, 1.54) is 12.1 Å². The van der Waals surface area contributed by atoms with Gasteiger partial charge in [-0.1, -0.05) is 35.9 Å². The minimum Gasteiger partial charge on any atom is -0.487 e. The van der Waals surface area contributed by atoms with Crippen molar-refractivity contribution in [1.29, 1.82) is 0 Å². The van der Waals surface area contributed by atoms with Crippen LogP contribution in [0.4, 0.5) is 13.2 Å². The molecule has 3 aromatic carbocycles. The molecule has 1 heterocycles. The molecule has 1 atom stereocenters. The maximum atomic E-state index is 13.2. The number of benzene rings is 3. The number of rotatable bonds is 7. The zero-order chi connectivity index (χ0) is 26.8. The Morgan fingerprint density at radius 3 is 2.49 bits per heavy atom. The fourth-order valence-electron chi connectivity index (χ4n) is 4.54. The molecule has 0 bridgehead atoms. The van der Waals surface area contributed by atoms with Crippen LogP contribution in [0.15, 0.2) is 66.7 Å². The first kappa shape index (κ1) is 26.5. The Labute approximate surface area is 217 Å². The van der Waals surface area contributed by atoms with Crippen LogP contribution in [0.3, 0.4) is 0 Å². The summed E-state index contributed by atoms with van der Waals surface area (Å²) in [5.41, 5.74) is 0.950. The van der Waals surface area contributed by atoms with Gasteiger partial charge in [0, 0.05) is 23.6 Å². The maximum absolute atomic E-state index is 13.2. The van der Waals surface area contributed by atoms with Crippen molar-refractivity contribution in [2.75, 3.05) is 6.54 Å². The predicted molar refractivity (Wildman–Crippen MR) is 133 cm³/mol. The minimum absolute atomic E-state index is 0.183. The van der Waals surface area contributed by atoms with E-state index in [4.69, 9.17) is 16.3 Å². The molecule has 5 nitrogen and oxygen atoms in total. The summed E-state index contributed by atoms with van der Waals surface area (Å²) >= 11 is 6.11. The van der Waals surface area contributed by atoms with E-state index >= 15 is 0 Å². The van der Waals surface area contributed by atoms with Crippen molar-refractivity contribution in [2.45, 2.75) is 44.5 Å². The number of fused-ring (bicyclic) bond motifs is 1. The van der Waals surface area contributed by atoms with E-state index in [0.29, 0.717) is 30.0 Å². The van der Waals surface area contributed by atoms with Crippen molar-refractivity contribution in [1.82, 2.24) is 4.90 Å². The number of nitrogens with zero attached hydrogens (tertiary/aromatic N) is 1. The van der Waals surface area contributed by atoms with E-state index < -0.39 is 35.8 Å². The average Bonchev–Trinajstić information content (AvgIpc) is 2.82. The van der Waals surface area contributed by atoms with Crippen molar-refractivity contribution >= 4 is 23.5 Å². The zero-order valence-corrected chi connectivity index (χ0v) is 20.8. The summed E-state index contributed by atoms with van der Waals surface area (Å²) in [6, 6.07) is 17.0. The monoisotopic (exact) mass is 531 g/mol. The third-order valence-corrected chi connectivity index (χ3v) is 6.53. The van der Waals surface area contributed by atoms with Gasteiger partial charge in [0.1, 0.15) is 17.9 Å². The van der Waals surface area contributed by atoms with Crippen molar-refractivity contribution in [3.63, 3.8) is 0 Å². The van der Waals surface area contributed by atoms with Crippen molar-refractivity contribution in [3.8, 4) is 5.75 Å². The molecule has 0 aliphatic carbocycles. The van der Waals surface area contributed by atoms with Crippen molar-refractivity contribution < 1.29 is 32.6 Å². The van der Waals surface area contributed by atoms with Gasteiger partial charge in [-0.2, -0.15) is 13.2 Å². The number of carbonyl (C=O) groups is 2. The fraction of sp³-hybridized carbons (Fsp3) is 0.286. The molecule has 0 fully saturated rings. The summed E-state index contributed by atoms with van der Waals surface area (Å²) in [4.78, 5) is 25.7. The van der Waals surface area contributed by atoms with Gasteiger partial charge >= 0.3 is 12.1 Å². The largest absolute Gasteiger partial charge is 0.487 e. The lowest BCUT2D eigenvalue weighted by Crippen LogP contribution is -2.39. The number of carbonyl (C=O) groups excluding carboxylic acids is 1. The Bertz CT molecular complexity index is 1330. The summed E-state index contributed by atoms with van der Waals surface area (Å²) in [5.74, 6) is -1.22. The lowest BCUT2D eigenvalue weighted by Gasteiger charge is -2.36. The van der Waals surface area contributed by atoms with Gasteiger partial charge in [0.15, 0.2) is 0 Å². The van der Waals surface area contributed by atoms with E-state index in [-0.39, 0.29) is 17.7 Å². The molecule has 1 unspecified atom stereocenters. The van der Waals surface area contributed by atoms with E-state index in [1.807, 2.05) is 31.2 Å². The Balaban J connectivity index is 1.53. The molecule has 0 radical (unpaired) electrons. The number of aliphatic carboxylic acids is 1. The average molecular weight is 532 g/mol. The highest BCUT2D eigenvalue weighted by Crippen LogP contribution is 2.36. The molecule has 1 aliphatic rings. The zero-order valence-electron chi connectivity index (χ0n) is 20.0. The third kappa shape index (κ3) is 6.63. The lowest BCUT2D eigenvalue weighted by atomic mass is 9.87. The van der Waals surface area contributed by atoms with E-state index in [1.54, 1.807) is 18.2 Å². The molecule has 1 amide bonds. The molecule has 0 saturated heterocycles. The van der Waals surface area contributed by atoms with Crippen LogP contribution < -0.4 is 4.74 Å². The highest BCUT2D eigenvalue weighted by atomic mass is 35.5. The van der Waals surface area contributed by atoms with Gasteiger partial charge in [-0.15, -0.1) is 0 Å². The van der Waals surface area contributed by atoms with Crippen LogP contribution >= 0.6 is 11.6 Å². The lowest BCUT2D eigenvalue weighted by molar-refractivity contribution is -0.139. The number of ether oxygens (including phenoxy) is 1. The quantitative estimate of drug-likeness (QED) is 0.382. The van der Waals surface area contributed by atoms with Crippen LogP contribution in [0.1, 0.15) is 46.0 Å². The Morgan fingerprint density at radius 1 is 1.05 bits per heavy atom. The highest BCUT2D eigenvalue weighted by Gasteiger charge is 2.33. The van der Waals surface area contributed by atoms with Crippen LogP contribution in [0.2, 0.25) is 5.02 Å². The Morgan fingerprint density at radius 2 is 1.78 bits per heavy atom.